The summed E-state index contributed by atoms with van der Waals surface area (Å²) in [6.45, 7) is 2.52. The summed E-state index contributed by atoms with van der Waals surface area (Å²) in [6, 6.07) is 0. The third kappa shape index (κ3) is 2.38. The lowest BCUT2D eigenvalue weighted by Crippen LogP contribution is -2.64. The van der Waals surface area contributed by atoms with Gasteiger partial charge in [-0.05, 0) is 6.42 Å². The van der Waals surface area contributed by atoms with Gasteiger partial charge in [-0.2, -0.15) is 0 Å². The molecule has 2 N–H and O–H groups in total. The summed E-state index contributed by atoms with van der Waals surface area (Å²) in [6.07, 6.45) is 0.174. The van der Waals surface area contributed by atoms with E-state index >= 15 is 0 Å². The molecule has 5 unspecified atom stereocenters. The molecule has 2 heterocycles. The number of fused-ring (bicyclic) bond motifs is 1. The molecule has 0 aliphatic carbocycles. The van der Waals surface area contributed by atoms with Crippen molar-refractivity contribution in [1.29, 1.82) is 0 Å². The molecule has 0 saturated carbocycles. The molecule has 5 atom stereocenters. The topological polar surface area (TPSA) is 75.3 Å². The third-order valence-corrected chi connectivity index (χ3v) is 4.90. The normalized spacial score (nSPS) is 42.0. The van der Waals surface area contributed by atoms with Gasteiger partial charge in [0.05, 0.1) is 6.61 Å². The number of methoxy groups -OCH3 is 3. The highest BCUT2D eigenvalue weighted by Crippen LogP contribution is 2.47. The van der Waals surface area contributed by atoms with Crippen molar-refractivity contribution in [3.8, 4) is 0 Å². The maximum absolute atomic E-state index is 6.09. The highest BCUT2D eigenvalue weighted by molar-refractivity contribution is 8.14. The fraction of sp³-hybridized carbons (Fsp3) is 0.917. The van der Waals surface area contributed by atoms with E-state index in [-0.39, 0.29) is 23.7 Å². The van der Waals surface area contributed by atoms with Crippen LogP contribution in [0.5, 0.6) is 0 Å². The maximum Gasteiger partial charge on any atom is 0.157 e. The van der Waals surface area contributed by atoms with E-state index in [1.54, 1.807) is 21.3 Å². The van der Waals surface area contributed by atoms with Gasteiger partial charge in [-0.1, -0.05) is 18.7 Å². The Kier molecular flexibility index (Phi) is 4.73. The smallest absolute Gasteiger partial charge is 0.157 e. The number of hydrogen-bond acceptors (Lipinski definition) is 7. The minimum atomic E-state index is -0.478. The van der Waals surface area contributed by atoms with Crippen molar-refractivity contribution in [2.24, 2.45) is 10.7 Å². The first-order valence-corrected chi connectivity index (χ1v) is 7.22. The van der Waals surface area contributed by atoms with Crippen LogP contribution < -0.4 is 5.73 Å². The minimum absolute atomic E-state index is 0.144. The molecule has 2 aliphatic heterocycles. The summed E-state index contributed by atoms with van der Waals surface area (Å²) in [5.74, 6) is 0. The van der Waals surface area contributed by atoms with Crippen LogP contribution in [0.25, 0.3) is 0 Å². The van der Waals surface area contributed by atoms with Crippen LogP contribution in [-0.4, -0.2) is 62.4 Å². The summed E-state index contributed by atoms with van der Waals surface area (Å²) in [4.78, 5) is 4.59. The lowest BCUT2D eigenvalue weighted by atomic mass is 9.82. The first-order valence-electron chi connectivity index (χ1n) is 6.34. The molecule has 0 aromatic rings. The molecular weight excluding hydrogens is 268 g/mol. The average Bonchev–Trinajstić information content (AvgIpc) is 2.73. The molecule has 0 radical (unpaired) electrons. The summed E-state index contributed by atoms with van der Waals surface area (Å²) in [7, 11) is 4.98. The fourth-order valence-corrected chi connectivity index (χ4v) is 4.11. The Balaban J connectivity index is 2.33. The second-order valence-electron chi connectivity index (χ2n) is 4.73. The van der Waals surface area contributed by atoms with Gasteiger partial charge in [0.1, 0.15) is 29.3 Å². The number of nitrogens with zero attached hydrogens (tertiary/aromatic N) is 1. The van der Waals surface area contributed by atoms with Crippen molar-refractivity contribution in [3.05, 3.63) is 0 Å². The van der Waals surface area contributed by atoms with E-state index in [2.05, 4.69) is 11.9 Å². The second-order valence-corrected chi connectivity index (χ2v) is 5.81. The van der Waals surface area contributed by atoms with Crippen LogP contribution in [0.3, 0.4) is 0 Å². The molecular formula is C12H22N2O4S. The van der Waals surface area contributed by atoms with E-state index in [0.29, 0.717) is 11.8 Å². The molecule has 1 fully saturated rings. The largest absolute Gasteiger partial charge is 0.382 e. The SMILES string of the molecule is CCC12N=C(N)SC1OC(COC)C(OC)C2OC. The van der Waals surface area contributed by atoms with Gasteiger partial charge in [0.15, 0.2) is 5.17 Å². The predicted molar refractivity (Wildman–Crippen MR) is 74.4 cm³/mol. The van der Waals surface area contributed by atoms with E-state index < -0.39 is 5.54 Å². The van der Waals surface area contributed by atoms with E-state index in [0.717, 1.165) is 6.42 Å². The summed E-state index contributed by atoms with van der Waals surface area (Å²) < 4.78 is 22.6. The summed E-state index contributed by atoms with van der Waals surface area (Å²) in [5, 5.41) is 0.543. The highest BCUT2D eigenvalue weighted by atomic mass is 32.2. The molecule has 0 bridgehead atoms. The molecule has 0 amide bonds. The van der Waals surface area contributed by atoms with Crippen LogP contribution in [0.15, 0.2) is 4.99 Å². The Morgan fingerprint density at radius 1 is 1.37 bits per heavy atom. The Morgan fingerprint density at radius 3 is 2.63 bits per heavy atom. The first kappa shape index (κ1) is 15.1. The molecule has 2 aliphatic rings. The number of nitrogens with two attached hydrogens (primary N) is 1. The molecule has 0 spiro atoms. The summed E-state index contributed by atoms with van der Waals surface area (Å²) >= 11 is 1.45. The van der Waals surface area contributed by atoms with Gasteiger partial charge in [0.2, 0.25) is 0 Å². The van der Waals surface area contributed by atoms with Crippen LogP contribution in [-0.2, 0) is 18.9 Å². The van der Waals surface area contributed by atoms with Crippen LogP contribution in [0, 0.1) is 0 Å². The molecule has 6 nitrogen and oxygen atoms in total. The zero-order chi connectivity index (χ0) is 14.0. The standard InChI is InChI=1S/C12H22N2O4S/c1-5-12-9(17-4)8(16-3)7(6-15-2)18-10(12)19-11(13)14-12/h7-10H,5-6H2,1-4H3,(H2,13,14). The number of aliphatic imine (C=N–C) groups is 1. The van der Waals surface area contributed by atoms with Crippen molar-refractivity contribution in [3.63, 3.8) is 0 Å². The van der Waals surface area contributed by atoms with Crippen LogP contribution in [0.1, 0.15) is 13.3 Å². The molecule has 0 aromatic carbocycles. The average molecular weight is 290 g/mol. The molecule has 19 heavy (non-hydrogen) atoms. The molecule has 7 heteroatoms. The number of hydrogen-bond donors (Lipinski definition) is 1. The number of rotatable bonds is 5. The zero-order valence-corrected chi connectivity index (χ0v) is 12.6. The first-order chi connectivity index (χ1) is 9.12. The number of ether oxygens (including phenoxy) is 4. The van der Waals surface area contributed by atoms with Gasteiger partial charge in [0.25, 0.3) is 0 Å². The van der Waals surface area contributed by atoms with Gasteiger partial charge in [-0.3, -0.25) is 0 Å². The molecule has 0 aromatic heterocycles. The summed E-state index contributed by atoms with van der Waals surface area (Å²) in [5.41, 5.74) is 5.26. The lowest BCUT2D eigenvalue weighted by molar-refractivity contribution is -0.210. The minimum Gasteiger partial charge on any atom is -0.382 e. The van der Waals surface area contributed by atoms with Gasteiger partial charge in [0, 0.05) is 21.3 Å². The van der Waals surface area contributed by atoms with Gasteiger partial charge in [-0.25, -0.2) is 4.99 Å². The lowest BCUT2D eigenvalue weighted by Gasteiger charge is -2.48. The highest BCUT2D eigenvalue weighted by Gasteiger charge is 2.59. The van der Waals surface area contributed by atoms with E-state index in [1.165, 1.54) is 11.8 Å². The second kappa shape index (κ2) is 5.97. The van der Waals surface area contributed by atoms with Crippen molar-refractivity contribution in [1.82, 2.24) is 0 Å². The maximum atomic E-state index is 6.09. The molecule has 1 saturated heterocycles. The number of thioether (sulfide) groups is 1. The Morgan fingerprint density at radius 2 is 2.11 bits per heavy atom. The Labute approximate surface area is 118 Å². The molecule has 110 valence electrons. The van der Waals surface area contributed by atoms with Crippen molar-refractivity contribution in [2.45, 2.75) is 42.6 Å². The fourth-order valence-electron chi connectivity index (χ4n) is 2.91. The quantitative estimate of drug-likeness (QED) is 0.799. The van der Waals surface area contributed by atoms with Crippen molar-refractivity contribution >= 4 is 16.9 Å². The van der Waals surface area contributed by atoms with E-state index in [9.17, 15) is 0 Å². The monoisotopic (exact) mass is 290 g/mol. The Bertz CT molecular complexity index is 355. The third-order valence-electron chi connectivity index (χ3n) is 3.83. The van der Waals surface area contributed by atoms with Crippen molar-refractivity contribution in [2.75, 3.05) is 27.9 Å². The van der Waals surface area contributed by atoms with Crippen LogP contribution >= 0.6 is 11.8 Å². The Hall–Kier alpha value is -0.340. The zero-order valence-electron chi connectivity index (χ0n) is 11.8. The van der Waals surface area contributed by atoms with Gasteiger partial charge in [-0.15, -0.1) is 0 Å². The van der Waals surface area contributed by atoms with E-state index in [4.69, 9.17) is 24.7 Å². The van der Waals surface area contributed by atoms with E-state index in [1.807, 2.05) is 0 Å². The van der Waals surface area contributed by atoms with Crippen molar-refractivity contribution < 1.29 is 18.9 Å². The predicted octanol–water partition coefficient (Wildman–Crippen LogP) is 0.598. The number of amidine groups is 1. The van der Waals surface area contributed by atoms with Crippen LogP contribution in [0.4, 0.5) is 0 Å². The van der Waals surface area contributed by atoms with Gasteiger partial charge >= 0.3 is 0 Å². The van der Waals surface area contributed by atoms with Crippen LogP contribution in [0.2, 0.25) is 0 Å². The molecule has 2 rings (SSSR count). The van der Waals surface area contributed by atoms with Gasteiger partial charge < -0.3 is 24.7 Å².